The summed E-state index contributed by atoms with van der Waals surface area (Å²) in [5, 5.41) is 2.39. The Kier molecular flexibility index (Phi) is 5.32. The van der Waals surface area contributed by atoms with E-state index in [0.717, 1.165) is 0 Å². The molecule has 6 nitrogen and oxygen atoms in total. The van der Waals surface area contributed by atoms with Gasteiger partial charge in [0.05, 0.1) is 5.56 Å². The third kappa shape index (κ3) is 3.96. The highest BCUT2D eigenvalue weighted by molar-refractivity contribution is 6.12. The van der Waals surface area contributed by atoms with Crippen molar-refractivity contribution in [3.8, 4) is 0 Å². The zero-order valence-electron chi connectivity index (χ0n) is 14.6. The van der Waals surface area contributed by atoms with Gasteiger partial charge in [0.1, 0.15) is 23.4 Å². The first kappa shape index (κ1) is 19.7. The van der Waals surface area contributed by atoms with Gasteiger partial charge in [0.15, 0.2) is 5.82 Å². The SMILES string of the molecule is C=C(F)c1ccc(N2CCNC(C(F)(F)F)C2)nc1C(=O)c1cccnc1[NH]. The fourth-order valence-corrected chi connectivity index (χ4v) is 2.91. The molecule has 1 aliphatic heterocycles. The Hall–Kier alpha value is -3.01. The molecule has 147 valence electrons. The van der Waals surface area contributed by atoms with E-state index >= 15 is 0 Å². The van der Waals surface area contributed by atoms with Crippen LogP contribution in [0.3, 0.4) is 0 Å². The van der Waals surface area contributed by atoms with Crippen LogP contribution in [0, 0.1) is 0 Å². The lowest BCUT2D eigenvalue weighted by Crippen LogP contribution is -2.57. The van der Waals surface area contributed by atoms with Crippen LogP contribution in [0.1, 0.15) is 21.6 Å². The quantitative estimate of drug-likeness (QED) is 0.637. The number of halogens is 4. The third-order valence-corrected chi connectivity index (χ3v) is 4.33. The number of carbonyl (C=O) groups is 1. The molecule has 1 saturated heterocycles. The molecular formula is C18H16F4N5O. The number of nitrogens with zero attached hydrogens (tertiary/aromatic N) is 3. The zero-order chi connectivity index (χ0) is 20.5. The first-order valence-electron chi connectivity index (χ1n) is 8.30. The molecule has 0 aliphatic carbocycles. The van der Waals surface area contributed by atoms with E-state index in [2.05, 4.69) is 21.9 Å². The van der Waals surface area contributed by atoms with Crippen molar-refractivity contribution < 1.29 is 22.4 Å². The highest BCUT2D eigenvalue weighted by Crippen LogP contribution is 2.28. The van der Waals surface area contributed by atoms with Crippen molar-refractivity contribution in [3.63, 3.8) is 0 Å². The minimum absolute atomic E-state index is 0.0756. The smallest absolute Gasteiger partial charge is 0.353 e. The molecule has 2 N–H and O–H groups in total. The standard InChI is InChI=1S/C18H16F4N5O/c1-10(19)11-4-5-14(27-8-7-24-13(9-27)18(20,21)22)26-15(11)16(28)12-3-2-6-25-17(12)23/h2-6,13,23-24H,1,7-9H2. The molecule has 2 aromatic rings. The fraction of sp³-hybridized carbons (Fsp3) is 0.278. The number of ketones is 1. The van der Waals surface area contributed by atoms with Gasteiger partial charge in [-0.3, -0.25) is 10.5 Å². The van der Waals surface area contributed by atoms with E-state index < -0.39 is 30.4 Å². The summed E-state index contributed by atoms with van der Waals surface area (Å²) in [4.78, 5) is 22.0. The van der Waals surface area contributed by atoms with Gasteiger partial charge in [0, 0.05) is 31.4 Å². The van der Waals surface area contributed by atoms with Gasteiger partial charge < -0.3 is 10.2 Å². The van der Waals surface area contributed by atoms with Gasteiger partial charge in [0.2, 0.25) is 5.78 Å². The highest BCUT2D eigenvalue weighted by Gasteiger charge is 2.42. The molecule has 0 amide bonds. The van der Waals surface area contributed by atoms with Gasteiger partial charge >= 0.3 is 6.18 Å². The Labute approximate surface area is 158 Å². The second kappa shape index (κ2) is 7.55. The van der Waals surface area contributed by atoms with Crippen LogP contribution in [0.25, 0.3) is 5.83 Å². The van der Waals surface area contributed by atoms with Crippen LogP contribution in [-0.4, -0.2) is 47.6 Å². The summed E-state index contributed by atoms with van der Waals surface area (Å²) in [5.41, 5.74) is 7.15. The molecule has 1 aliphatic rings. The number of piperazine rings is 1. The van der Waals surface area contributed by atoms with Gasteiger partial charge in [-0.25, -0.2) is 14.4 Å². The van der Waals surface area contributed by atoms with E-state index in [9.17, 15) is 22.4 Å². The summed E-state index contributed by atoms with van der Waals surface area (Å²) in [7, 11) is 0. The summed E-state index contributed by atoms with van der Waals surface area (Å²) in [5.74, 6) is -1.86. The van der Waals surface area contributed by atoms with Crippen LogP contribution >= 0.6 is 0 Å². The summed E-state index contributed by atoms with van der Waals surface area (Å²) < 4.78 is 52.9. The predicted molar refractivity (Wildman–Crippen MR) is 94.9 cm³/mol. The van der Waals surface area contributed by atoms with Crippen molar-refractivity contribution in [2.45, 2.75) is 12.2 Å². The minimum atomic E-state index is -4.43. The van der Waals surface area contributed by atoms with Crippen molar-refractivity contribution in [1.29, 1.82) is 0 Å². The molecule has 1 unspecified atom stereocenters. The van der Waals surface area contributed by atoms with Crippen molar-refractivity contribution in [1.82, 2.24) is 21.0 Å². The molecule has 3 heterocycles. The zero-order valence-corrected chi connectivity index (χ0v) is 14.6. The Balaban J connectivity index is 2.00. The Morgan fingerprint density at radius 3 is 2.68 bits per heavy atom. The second-order valence-corrected chi connectivity index (χ2v) is 6.19. The fourth-order valence-electron chi connectivity index (χ4n) is 2.91. The maximum atomic E-state index is 13.8. The van der Waals surface area contributed by atoms with Gasteiger partial charge in [-0.2, -0.15) is 13.2 Å². The topological polar surface area (TPSA) is 81.9 Å². The number of aromatic nitrogens is 2. The second-order valence-electron chi connectivity index (χ2n) is 6.19. The maximum absolute atomic E-state index is 13.8. The van der Waals surface area contributed by atoms with Crippen LogP contribution in [0.5, 0.6) is 0 Å². The average molecular weight is 394 g/mol. The molecule has 0 bridgehead atoms. The lowest BCUT2D eigenvalue weighted by atomic mass is 10.0. The highest BCUT2D eigenvalue weighted by atomic mass is 19.4. The molecule has 28 heavy (non-hydrogen) atoms. The minimum Gasteiger partial charge on any atom is -0.353 e. The van der Waals surface area contributed by atoms with E-state index in [1.54, 1.807) is 0 Å². The summed E-state index contributed by atoms with van der Waals surface area (Å²) in [6, 6.07) is 3.66. The Bertz CT molecular complexity index is 915. The lowest BCUT2D eigenvalue weighted by Gasteiger charge is -2.35. The number of carbonyl (C=O) groups excluding carboxylic acids is 1. The molecule has 0 aromatic carbocycles. The van der Waals surface area contributed by atoms with Crippen LogP contribution in [0.4, 0.5) is 29.2 Å². The molecule has 2 aromatic heterocycles. The van der Waals surface area contributed by atoms with E-state index in [1.165, 1.54) is 35.4 Å². The van der Waals surface area contributed by atoms with E-state index in [0.29, 0.717) is 0 Å². The van der Waals surface area contributed by atoms with Crippen LogP contribution in [0.15, 0.2) is 37.0 Å². The maximum Gasteiger partial charge on any atom is 0.405 e. The largest absolute Gasteiger partial charge is 0.405 e. The monoisotopic (exact) mass is 394 g/mol. The Morgan fingerprint density at radius 1 is 1.29 bits per heavy atom. The molecular weight excluding hydrogens is 378 g/mol. The third-order valence-electron chi connectivity index (χ3n) is 4.33. The number of rotatable bonds is 4. The van der Waals surface area contributed by atoms with Crippen molar-refractivity contribution in [3.05, 3.63) is 53.9 Å². The molecule has 1 radical (unpaired) electrons. The molecule has 3 rings (SSSR count). The lowest BCUT2D eigenvalue weighted by molar-refractivity contribution is -0.155. The number of hydrogen-bond acceptors (Lipinski definition) is 5. The van der Waals surface area contributed by atoms with Crippen LogP contribution in [0.2, 0.25) is 0 Å². The summed E-state index contributed by atoms with van der Waals surface area (Å²) in [6.45, 7) is 3.10. The van der Waals surface area contributed by atoms with Crippen molar-refractivity contribution >= 4 is 23.2 Å². The Morgan fingerprint density at radius 2 is 2.04 bits per heavy atom. The van der Waals surface area contributed by atoms with Gasteiger partial charge in [-0.15, -0.1) is 0 Å². The predicted octanol–water partition coefficient (Wildman–Crippen LogP) is 2.90. The van der Waals surface area contributed by atoms with E-state index in [4.69, 9.17) is 5.73 Å². The van der Waals surface area contributed by atoms with E-state index in [1.807, 2.05) is 0 Å². The molecule has 0 saturated carbocycles. The number of alkyl halides is 3. The number of nitrogens with one attached hydrogen (secondary N) is 2. The normalized spacial score (nSPS) is 17.4. The summed E-state index contributed by atoms with van der Waals surface area (Å²) in [6.07, 6.45) is -3.10. The molecule has 10 heteroatoms. The van der Waals surface area contributed by atoms with Gasteiger partial charge in [-0.1, -0.05) is 6.58 Å². The van der Waals surface area contributed by atoms with Crippen LogP contribution in [-0.2, 0) is 0 Å². The molecule has 1 atom stereocenters. The van der Waals surface area contributed by atoms with Gasteiger partial charge in [-0.05, 0) is 24.3 Å². The van der Waals surface area contributed by atoms with E-state index in [-0.39, 0.29) is 41.5 Å². The molecule has 0 spiro atoms. The number of pyridine rings is 2. The van der Waals surface area contributed by atoms with Crippen molar-refractivity contribution in [2.75, 3.05) is 24.5 Å². The first-order chi connectivity index (χ1) is 13.2. The average Bonchev–Trinajstić information content (AvgIpc) is 2.66. The number of anilines is 1. The number of hydrogen-bond donors (Lipinski definition) is 1. The summed E-state index contributed by atoms with van der Waals surface area (Å²) >= 11 is 0. The molecule has 1 fully saturated rings. The van der Waals surface area contributed by atoms with Crippen LogP contribution < -0.4 is 16.0 Å². The van der Waals surface area contributed by atoms with Crippen molar-refractivity contribution in [2.24, 2.45) is 0 Å². The van der Waals surface area contributed by atoms with Gasteiger partial charge in [0.25, 0.3) is 0 Å². The first-order valence-corrected chi connectivity index (χ1v) is 8.30.